The number of hydrogen-bond donors (Lipinski definition) is 2. The van der Waals surface area contributed by atoms with E-state index < -0.39 is 10.0 Å². The summed E-state index contributed by atoms with van der Waals surface area (Å²) in [6.45, 7) is 3.46. The Morgan fingerprint density at radius 3 is 2.57 bits per heavy atom. The zero-order valence-electron chi connectivity index (χ0n) is 13.0. The first kappa shape index (κ1) is 18.3. The summed E-state index contributed by atoms with van der Waals surface area (Å²) in [5, 5.41) is 3.16. The summed E-state index contributed by atoms with van der Waals surface area (Å²) in [6, 6.07) is 2.74. The van der Waals surface area contributed by atoms with Crippen LogP contribution < -0.4 is 10.0 Å². The molecule has 0 aromatic carbocycles. The van der Waals surface area contributed by atoms with Gasteiger partial charge >= 0.3 is 0 Å². The van der Waals surface area contributed by atoms with Crippen LogP contribution in [-0.2, 0) is 10.0 Å². The highest BCUT2D eigenvalue weighted by Gasteiger charge is 2.38. The maximum atomic E-state index is 12.4. The summed E-state index contributed by atoms with van der Waals surface area (Å²) in [5.41, 5.74) is 0.334. The highest BCUT2D eigenvalue weighted by atomic mass is 35.5. The number of amides is 1. The molecular formula is C14H22ClN3O4S. The zero-order valence-corrected chi connectivity index (χ0v) is 14.6. The zero-order chi connectivity index (χ0) is 15.8. The lowest BCUT2D eigenvalue weighted by atomic mass is 9.78. The van der Waals surface area contributed by atoms with Gasteiger partial charge in [-0.15, -0.1) is 12.4 Å². The fourth-order valence-corrected chi connectivity index (χ4v) is 3.89. The average Bonchev–Trinajstić information content (AvgIpc) is 3.17. The lowest BCUT2D eigenvalue weighted by molar-refractivity contribution is 0.0572. The molecule has 130 valence electrons. The van der Waals surface area contributed by atoms with Gasteiger partial charge in [0.1, 0.15) is 0 Å². The second-order valence-electron chi connectivity index (χ2n) is 6.05. The average molecular weight is 364 g/mol. The molecule has 3 rings (SSSR count). The predicted octanol–water partition coefficient (Wildman–Crippen LogP) is 0.825. The van der Waals surface area contributed by atoms with Gasteiger partial charge in [-0.25, -0.2) is 13.1 Å². The summed E-state index contributed by atoms with van der Waals surface area (Å²) in [6.07, 6.45) is 3.13. The van der Waals surface area contributed by atoms with E-state index in [0.717, 1.165) is 25.9 Å². The number of furan rings is 1. The number of halogens is 1. The summed E-state index contributed by atoms with van der Waals surface area (Å²) in [5.74, 6) is -0.160. The Morgan fingerprint density at radius 2 is 2.00 bits per heavy atom. The van der Waals surface area contributed by atoms with E-state index >= 15 is 0 Å². The van der Waals surface area contributed by atoms with E-state index in [0.29, 0.717) is 18.5 Å². The lowest BCUT2D eigenvalue weighted by Gasteiger charge is -2.38. The van der Waals surface area contributed by atoms with Crippen LogP contribution in [0.1, 0.15) is 29.8 Å². The molecule has 2 fully saturated rings. The number of nitrogens with one attached hydrogen (secondary N) is 2. The Balaban J connectivity index is 0.00000192. The second-order valence-corrected chi connectivity index (χ2v) is 7.86. The van der Waals surface area contributed by atoms with Gasteiger partial charge in [0.2, 0.25) is 5.09 Å². The van der Waals surface area contributed by atoms with Gasteiger partial charge in [-0.05, 0) is 50.4 Å². The Kier molecular flexibility index (Phi) is 5.40. The van der Waals surface area contributed by atoms with Crippen LogP contribution in [0.15, 0.2) is 21.6 Å². The van der Waals surface area contributed by atoms with E-state index in [1.165, 1.54) is 25.6 Å². The van der Waals surface area contributed by atoms with Crippen molar-refractivity contribution >= 4 is 28.3 Å². The van der Waals surface area contributed by atoms with Crippen LogP contribution >= 0.6 is 12.4 Å². The van der Waals surface area contributed by atoms with Gasteiger partial charge in [-0.2, -0.15) is 0 Å². The van der Waals surface area contributed by atoms with Crippen molar-refractivity contribution in [1.29, 1.82) is 0 Å². The third kappa shape index (κ3) is 3.55. The van der Waals surface area contributed by atoms with Gasteiger partial charge in [-0.1, -0.05) is 0 Å². The molecule has 0 saturated carbocycles. The van der Waals surface area contributed by atoms with Crippen LogP contribution in [0.5, 0.6) is 0 Å². The first-order chi connectivity index (χ1) is 10.5. The molecule has 0 radical (unpaired) electrons. The smallest absolute Gasteiger partial charge is 0.289 e. The van der Waals surface area contributed by atoms with Crippen molar-refractivity contribution in [2.45, 2.75) is 24.4 Å². The predicted molar refractivity (Wildman–Crippen MR) is 87.3 cm³/mol. The minimum Gasteiger partial charge on any atom is -0.438 e. The fraction of sp³-hybridized carbons (Fsp3) is 0.643. The van der Waals surface area contributed by atoms with Crippen molar-refractivity contribution < 1.29 is 17.6 Å². The second kappa shape index (κ2) is 6.80. The Morgan fingerprint density at radius 1 is 1.30 bits per heavy atom. The number of likely N-dealkylation sites (tertiary alicyclic amines) is 1. The molecule has 1 spiro atoms. The molecule has 1 aromatic heterocycles. The summed E-state index contributed by atoms with van der Waals surface area (Å²) < 4.78 is 30.7. The summed E-state index contributed by atoms with van der Waals surface area (Å²) in [7, 11) is -2.35. The van der Waals surface area contributed by atoms with Gasteiger partial charge in [0.15, 0.2) is 5.76 Å². The molecule has 9 heteroatoms. The third-order valence-corrected chi connectivity index (χ3v) is 6.06. The Labute approximate surface area is 142 Å². The summed E-state index contributed by atoms with van der Waals surface area (Å²) >= 11 is 0. The van der Waals surface area contributed by atoms with Crippen LogP contribution in [0.25, 0.3) is 0 Å². The third-order valence-electron chi connectivity index (χ3n) is 4.77. The largest absolute Gasteiger partial charge is 0.438 e. The molecule has 2 saturated heterocycles. The molecule has 1 aromatic rings. The van der Waals surface area contributed by atoms with E-state index in [9.17, 15) is 13.2 Å². The highest BCUT2D eigenvalue weighted by Crippen LogP contribution is 2.37. The van der Waals surface area contributed by atoms with E-state index in [4.69, 9.17) is 4.42 Å². The van der Waals surface area contributed by atoms with Crippen molar-refractivity contribution in [2.24, 2.45) is 5.41 Å². The van der Waals surface area contributed by atoms with Crippen molar-refractivity contribution in [3.8, 4) is 0 Å². The highest BCUT2D eigenvalue weighted by molar-refractivity contribution is 7.89. The molecule has 0 aliphatic carbocycles. The van der Waals surface area contributed by atoms with Crippen molar-refractivity contribution in [3.05, 3.63) is 17.9 Å². The SMILES string of the molecule is CNS(=O)(=O)c1ccc(C(=O)N2CCC3(CCNC3)CC2)o1.Cl. The summed E-state index contributed by atoms with van der Waals surface area (Å²) in [4.78, 5) is 14.2. The molecule has 7 nitrogen and oxygen atoms in total. The van der Waals surface area contributed by atoms with Crippen LogP contribution in [0.2, 0.25) is 0 Å². The molecule has 2 aliphatic rings. The normalized spacial score (nSPS) is 20.5. The van der Waals surface area contributed by atoms with Gasteiger partial charge in [0, 0.05) is 19.6 Å². The molecule has 0 unspecified atom stereocenters. The Hall–Kier alpha value is -1.09. The number of rotatable bonds is 3. The number of piperidine rings is 1. The molecule has 0 bridgehead atoms. The van der Waals surface area contributed by atoms with Crippen molar-refractivity contribution in [1.82, 2.24) is 14.9 Å². The number of sulfonamides is 1. The molecule has 0 atom stereocenters. The number of hydrogen-bond acceptors (Lipinski definition) is 5. The maximum absolute atomic E-state index is 12.4. The van der Waals surface area contributed by atoms with E-state index in [1.807, 2.05) is 0 Å². The number of carbonyl (C=O) groups is 1. The monoisotopic (exact) mass is 363 g/mol. The topological polar surface area (TPSA) is 91.7 Å². The first-order valence-electron chi connectivity index (χ1n) is 7.49. The van der Waals surface area contributed by atoms with Crippen molar-refractivity contribution in [2.75, 3.05) is 33.2 Å². The van der Waals surface area contributed by atoms with Crippen LogP contribution in [0.4, 0.5) is 0 Å². The number of nitrogens with zero attached hydrogens (tertiary/aromatic N) is 1. The van der Waals surface area contributed by atoms with Crippen molar-refractivity contribution in [3.63, 3.8) is 0 Å². The molecular weight excluding hydrogens is 342 g/mol. The minimum absolute atomic E-state index is 0. The molecule has 1 amide bonds. The molecule has 2 N–H and O–H groups in total. The first-order valence-corrected chi connectivity index (χ1v) is 8.98. The van der Waals surface area contributed by atoms with Crippen LogP contribution in [0.3, 0.4) is 0 Å². The van der Waals surface area contributed by atoms with Gasteiger partial charge in [-0.3, -0.25) is 4.79 Å². The molecule has 23 heavy (non-hydrogen) atoms. The van der Waals surface area contributed by atoms with E-state index in [2.05, 4.69) is 10.0 Å². The molecule has 3 heterocycles. The Bertz CT molecular complexity index is 657. The van der Waals surface area contributed by atoms with Crippen LogP contribution in [-0.4, -0.2) is 52.5 Å². The lowest BCUT2D eigenvalue weighted by Crippen LogP contribution is -2.43. The van der Waals surface area contributed by atoms with E-state index in [1.54, 1.807) is 4.90 Å². The van der Waals surface area contributed by atoms with E-state index in [-0.39, 0.29) is 29.2 Å². The number of carbonyl (C=O) groups excluding carboxylic acids is 1. The minimum atomic E-state index is -3.66. The molecule has 2 aliphatic heterocycles. The standard InChI is InChI=1S/C14H21N3O4S.ClH/c1-15-22(19,20)12-3-2-11(21-12)13(18)17-8-5-14(6-9-17)4-7-16-10-14;/h2-3,15-16H,4-10H2,1H3;1H. The quantitative estimate of drug-likeness (QED) is 0.829. The van der Waals surface area contributed by atoms with Crippen LogP contribution in [0, 0.1) is 5.41 Å². The van der Waals surface area contributed by atoms with Gasteiger partial charge in [0.05, 0.1) is 0 Å². The van der Waals surface area contributed by atoms with Gasteiger partial charge < -0.3 is 14.6 Å². The maximum Gasteiger partial charge on any atom is 0.289 e. The fourth-order valence-electron chi connectivity index (χ4n) is 3.24. The van der Waals surface area contributed by atoms with Gasteiger partial charge in [0.25, 0.3) is 15.9 Å².